The topological polar surface area (TPSA) is 48.7 Å². The Kier molecular flexibility index (Phi) is 4.99. The molecule has 0 amide bonds. The van der Waals surface area contributed by atoms with Crippen molar-refractivity contribution < 1.29 is 8.78 Å². The van der Waals surface area contributed by atoms with Crippen LogP contribution in [0.25, 0.3) is 16.9 Å². The Morgan fingerprint density at radius 2 is 1.58 bits per heavy atom. The number of halogens is 2. The highest BCUT2D eigenvalue weighted by Crippen LogP contribution is 2.25. The molecule has 1 N–H and O–H groups in total. The molecular formula is C23H22F2N6. The van der Waals surface area contributed by atoms with E-state index >= 15 is 0 Å². The second kappa shape index (κ2) is 7.96. The fourth-order valence-electron chi connectivity index (χ4n) is 3.83. The van der Waals surface area contributed by atoms with E-state index in [9.17, 15) is 8.78 Å². The van der Waals surface area contributed by atoms with Crippen molar-refractivity contribution in [1.29, 1.82) is 0 Å². The predicted molar refractivity (Wildman–Crippen MR) is 118 cm³/mol. The summed E-state index contributed by atoms with van der Waals surface area (Å²) >= 11 is 0. The zero-order valence-electron chi connectivity index (χ0n) is 17.1. The number of rotatable bonds is 4. The summed E-state index contributed by atoms with van der Waals surface area (Å²) in [5.41, 5.74) is 3.60. The van der Waals surface area contributed by atoms with Crippen LogP contribution >= 0.6 is 0 Å². The molecule has 2 aromatic heterocycles. The Labute approximate surface area is 178 Å². The summed E-state index contributed by atoms with van der Waals surface area (Å²) in [5, 5.41) is 7.71. The SMILES string of the molecule is CN1CCN(c2ccc(Nc3nc4cccc(-c5cc(F)cc(F)c5)n4n3)cc2)CC1. The second-order valence-corrected chi connectivity index (χ2v) is 7.74. The van der Waals surface area contributed by atoms with Gasteiger partial charge in [-0.25, -0.2) is 13.3 Å². The van der Waals surface area contributed by atoms with Crippen LogP contribution in [0.3, 0.4) is 0 Å². The number of piperazine rings is 1. The highest BCUT2D eigenvalue weighted by molar-refractivity contribution is 5.65. The van der Waals surface area contributed by atoms with Crippen LogP contribution in [-0.2, 0) is 0 Å². The number of pyridine rings is 1. The number of nitrogens with zero attached hydrogens (tertiary/aromatic N) is 5. The van der Waals surface area contributed by atoms with Gasteiger partial charge in [-0.05, 0) is 55.6 Å². The minimum Gasteiger partial charge on any atom is -0.369 e. The average Bonchev–Trinajstić information content (AvgIpc) is 3.16. The highest BCUT2D eigenvalue weighted by Gasteiger charge is 2.15. The zero-order valence-corrected chi connectivity index (χ0v) is 17.1. The summed E-state index contributed by atoms with van der Waals surface area (Å²) in [6.07, 6.45) is 0. The van der Waals surface area contributed by atoms with Crippen molar-refractivity contribution in [3.63, 3.8) is 0 Å². The van der Waals surface area contributed by atoms with E-state index in [1.165, 1.54) is 17.8 Å². The smallest absolute Gasteiger partial charge is 0.247 e. The maximum atomic E-state index is 13.7. The van der Waals surface area contributed by atoms with Gasteiger partial charge in [0.05, 0.1) is 5.69 Å². The molecule has 8 heteroatoms. The second-order valence-electron chi connectivity index (χ2n) is 7.74. The quantitative estimate of drug-likeness (QED) is 0.537. The van der Waals surface area contributed by atoms with Crippen LogP contribution in [0, 0.1) is 11.6 Å². The first-order chi connectivity index (χ1) is 15.0. The summed E-state index contributed by atoms with van der Waals surface area (Å²) < 4.78 is 29.0. The Hall–Kier alpha value is -3.52. The largest absolute Gasteiger partial charge is 0.369 e. The molecule has 1 aliphatic heterocycles. The van der Waals surface area contributed by atoms with Gasteiger partial charge in [0.15, 0.2) is 5.65 Å². The lowest BCUT2D eigenvalue weighted by Gasteiger charge is -2.34. The molecule has 0 spiro atoms. The van der Waals surface area contributed by atoms with E-state index < -0.39 is 11.6 Å². The summed E-state index contributed by atoms with van der Waals surface area (Å²) in [4.78, 5) is 9.20. The number of anilines is 3. The van der Waals surface area contributed by atoms with Crippen LogP contribution in [0.4, 0.5) is 26.1 Å². The number of nitrogens with one attached hydrogen (secondary N) is 1. The first-order valence-corrected chi connectivity index (χ1v) is 10.2. The monoisotopic (exact) mass is 420 g/mol. The molecule has 0 atom stereocenters. The normalized spacial score (nSPS) is 14.9. The number of hydrogen-bond acceptors (Lipinski definition) is 5. The van der Waals surface area contributed by atoms with Crippen LogP contribution in [0.5, 0.6) is 0 Å². The fourth-order valence-corrected chi connectivity index (χ4v) is 3.83. The Morgan fingerprint density at radius 3 is 2.29 bits per heavy atom. The fraction of sp³-hybridized carbons (Fsp3) is 0.217. The molecule has 1 saturated heterocycles. The summed E-state index contributed by atoms with van der Waals surface area (Å²) in [7, 11) is 2.14. The summed E-state index contributed by atoms with van der Waals surface area (Å²) in [6, 6.07) is 16.9. The first kappa shape index (κ1) is 19.4. The maximum absolute atomic E-state index is 13.7. The van der Waals surface area contributed by atoms with E-state index in [2.05, 4.69) is 44.4 Å². The van der Waals surface area contributed by atoms with E-state index in [1.54, 1.807) is 22.7 Å². The van der Waals surface area contributed by atoms with Gasteiger partial charge >= 0.3 is 0 Å². The van der Waals surface area contributed by atoms with Gasteiger partial charge in [0.1, 0.15) is 11.6 Å². The first-order valence-electron chi connectivity index (χ1n) is 10.2. The van der Waals surface area contributed by atoms with E-state index in [-0.39, 0.29) is 0 Å². The Morgan fingerprint density at radius 1 is 0.871 bits per heavy atom. The molecule has 5 rings (SSSR count). The van der Waals surface area contributed by atoms with Crippen LogP contribution in [0.2, 0.25) is 0 Å². The molecule has 6 nitrogen and oxygen atoms in total. The number of fused-ring (bicyclic) bond motifs is 1. The van der Waals surface area contributed by atoms with E-state index in [4.69, 9.17) is 0 Å². The molecule has 1 aliphatic rings. The zero-order chi connectivity index (χ0) is 21.4. The van der Waals surface area contributed by atoms with Gasteiger partial charge in [0.2, 0.25) is 5.95 Å². The summed E-state index contributed by atoms with van der Waals surface area (Å²) in [6.45, 7) is 4.15. The molecule has 0 aliphatic carbocycles. The third kappa shape index (κ3) is 4.06. The minimum atomic E-state index is -0.633. The molecule has 0 unspecified atom stereocenters. The Balaban J connectivity index is 1.39. The van der Waals surface area contributed by atoms with Crippen molar-refractivity contribution in [3.8, 4) is 11.3 Å². The predicted octanol–water partition coefficient (Wildman–Crippen LogP) is 4.17. The van der Waals surface area contributed by atoms with Crippen LogP contribution in [-0.4, -0.2) is 52.7 Å². The van der Waals surface area contributed by atoms with Crippen molar-refractivity contribution in [3.05, 3.63) is 72.3 Å². The number of benzene rings is 2. The van der Waals surface area contributed by atoms with Gasteiger partial charge < -0.3 is 15.1 Å². The third-order valence-electron chi connectivity index (χ3n) is 5.51. The lowest BCUT2D eigenvalue weighted by molar-refractivity contribution is 0.313. The molecule has 3 heterocycles. The van der Waals surface area contributed by atoms with Crippen LogP contribution in [0.15, 0.2) is 60.7 Å². The molecule has 158 valence electrons. The molecule has 31 heavy (non-hydrogen) atoms. The summed E-state index contributed by atoms with van der Waals surface area (Å²) in [5.74, 6) is -0.853. The lowest BCUT2D eigenvalue weighted by Crippen LogP contribution is -2.44. The molecular weight excluding hydrogens is 398 g/mol. The van der Waals surface area contributed by atoms with Gasteiger partial charge in [0, 0.05) is 49.2 Å². The van der Waals surface area contributed by atoms with E-state index in [1.807, 2.05) is 12.1 Å². The molecule has 0 bridgehead atoms. The van der Waals surface area contributed by atoms with Gasteiger partial charge in [-0.3, -0.25) is 0 Å². The number of aromatic nitrogens is 3. The third-order valence-corrected chi connectivity index (χ3v) is 5.51. The van der Waals surface area contributed by atoms with Crippen molar-refractivity contribution in [2.45, 2.75) is 0 Å². The molecule has 0 saturated carbocycles. The standard InChI is InChI=1S/C23H22F2N6/c1-29-9-11-30(12-10-29)20-7-5-19(6-8-20)26-23-27-22-4-2-3-21(31(22)28-23)16-13-17(24)15-18(25)14-16/h2-8,13-15H,9-12H2,1H3,(H,26,28). The Bertz CT molecular complexity index is 1190. The van der Waals surface area contributed by atoms with Gasteiger partial charge in [-0.1, -0.05) is 6.07 Å². The van der Waals surface area contributed by atoms with Crippen LogP contribution in [0.1, 0.15) is 0 Å². The van der Waals surface area contributed by atoms with Gasteiger partial charge in [-0.2, -0.15) is 4.98 Å². The molecule has 0 radical (unpaired) electrons. The number of hydrogen-bond donors (Lipinski definition) is 1. The van der Waals surface area contributed by atoms with Gasteiger partial charge in [-0.15, -0.1) is 5.10 Å². The van der Waals surface area contributed by atoms with Crippen molar-refractivity contribution in [2.75, 3.05) is 43.4 Å². The lowest BCUT2D eigenvalue weighted by atomic mass is 10.1. The number of likely N-dealkylation sites (N-methyl/N-ethyl adjacent to an activating group) is 1. The van der Waals surface area contributed by atoms with E-state index in [0.29, 0.717) is 22.9 Å². The molecule has 2 aromatic carbocycles. The van der Waals surface area contributed by atoms with Crippen molar-refractivity contribution >= 4 is 23.0 Å². The average molecular weight is 420 g/mol. The maximum Gasteiger partial charge on any atom is 0.247 e. The minimum absolute atomic E-state index is 0.399. The highest BCUT2D eigenvalue weighted by atomic mass is 19.1. The van der Waals surface area contributed by atoms with E-state index in [0.717, 1.165) is 37.9 Å². The van der Waals surface area contributed by atoms with Crippen molar-refractivity contribution in [2.24, 2.45) is 0 Å². The van der Waals surface area contributed by atoms with Gasteiger partial charge in [0.25, 0.3) is 0 Å². The molecule has 1 fully saturated rings. The van der Waals surface area contributed by atoms with Crippen LogP contribution < -0.4 is 10.2 Å². The molecule has 4 aromatic rings. The van der Waals surface area contributed by atoms with Crippen molar-refractivity contribution in [1.82, 2.24) is 19.5 Å².